The quantitative estimate of drug-likeness (QED) is 0.579. The summed E-state index contributed by atoms with van der Waals surface area (Å²) in [5.74, 6) is -0.637. The van der Waals surface area contributed by atoms with Gasteiger partial charge in [0.1, 0.15) is 5.75 Å². The molecule has 21 heavy (non-hydrogen) atoms. The maximum atomic E-state index is 11.5. The third-order valence-corrected chi connectivity index (χ3v) is 2.74. The van der Waals surface area contributed by atoms with E-state index in [9.17, 15) is 9.59 Å². The number of nitrogens with one attached hydrogen (secondary N) is 1. The molecule has 1 rings (SSSR count). The van der Waals surface area contributed by atoms with E-state index in [0.717, 1.165) is 5.56 Å². The molecule has 0 aliphatic rings. The number of methoxy groups -OCH3 is 1. The number of hydrogen-bond acceptors (Lipinski definition) is 5. The first-order valence-electron chi connectivity index (χ1n) is 6.33. The van der Waals surface area contributed by atoms with Crippen LogP contribution < -0.4 is 10.1 Å². The lowest BCUT2D eigenvalue weighted by molar-refractivity contribution is -0.150. The zero-order valence-electron chi connectivity index (χ0n) is 12.0. The Labute approximate surface area is 128 Å². The number of rotatable bonds is 8. The van der Waals surface area contributed by atoms with Gasteiger partial charge in [-0.05, 0) is 24.6 Å². The molecule has 0 saturated heterocycles. The van der Waals surface area contributed by atoms with Crippen molar-refractivity contribution in [3.63, 3.8) is 0 Å². The molecular formula is C14H18ClNO5. The lowest BCUT2D eigenvalue weighted by Crippen LogP contribution is -2.32. The van der Waals surface area contributed by atoms with Crippen LogP contribution in [0.25, 0.3) is 0 Å². The van der Waals surface area contributed by atoms with Crippen molar-refractivity contribution in [3.05, 3.63) is 28.8 Å². The summed E-state index contributed by atoms with van der Waals surface area (Å²) >= 11 is 5.93. The molecule has 0 atom stereocenters. The number of carbonyl (C=O) groups excluding carboxylic acids is 2. The third-order valence-electron chi connectivity index (χ3n) is 2.42. The van der Waals surface area contributed by atoms with Gasteiger partial charge < -0.3 is 19.5 Å². The van der Waals surface area contributed by atoms with Gasteiger partial charge in [0, 0.05) is 13.7 Å². The lowest BCUT2D eigenvalue weighted by Gasteiger charge is -2.09. The maximum absolute atomic E-state index is 11.5. The predicted octanol–water partition coefficient (Wildman–Crippen LogP) is 1.33. The van der Waals surface area contributed by atoms with Crippen molar-refractivity contribution >= 4 is 23.5 Å². The van der Waals surface area contributed by atoms with Crippen molar-refractivity contribution in [2.24, 2.45) is 0 Å². The van der Waals surface area contributed by atoms with Crippen LogP contribution in [0.3, 0.4) is 0 Å². The topological polar surface area (TPSA) is 73.9 Å². The zero-order valence-corrected chi connectivity index (χ0v) is 12.7. The predicted molar refractivity (Wildman–Crippen MR) is 77.5 cm³/mol. The fraction of sp³-hybridized carbons (Fsp3) is 0.429. The average Bonchev–Trinajstić information content (AvgIpc) is 2.46. The molecule has 1 aromatic carbocycles. The van der Waals surface area contributed by atoms with Gasteiger partial charge in [-0.2, -0.15) is 0 Å². The van der Waals surface area contributed by atoms with Gasteiger partial charge in [0.05, 0.1) is 11.6 Å². The molecule has 0 saturated carbocycles. The molecule has 0 aromatic heterocycles. The van der Waals surface area contributed by atoms with Crippen LogP contribution >= 0.6 is 11.6 Å². The van der Waals surface area contributed by atoms with Crippen molar-refractivity contribution in [1.82, 2.24) is 5.32 Å². The van der Waals surface area contributed by atoms with Crippen LogP contribution in [-0.2, 0) is 19.1 Å². The Hall–Kier alpha value is -1.79. The molecular weight excluding hydrogens is 298 g/mol. The molecule has 0 spiro atoms. The molecule has 0 unspecified atom stereocenters. The van der Waals surface area contributed by atoms with E-state index in [1.165, 1.54) is 7.11 Å². The zero-order chi connectivity index (χ0) is 15.7. The minimum absolute atomic E-state index is 0.311. The summed E-state index contributed by atoms with van der Waals surface area (Å²) < 4.78 is 14.8. The largest absolute Gasteiger partial charge is 0.480 e. The van der Waals surface area contributed by atoms with Gasteiger partial charge in [-0.1, -0.05) is 17.7 Å². The number of aryl methyl sites for hydroxylation is 1. The highest BCUT2D eigenvalue weighted by molar-refractivity contribution is 6.32. The third kappa shape index (κ3) is 6.97. The number of esters is 1. The normalized spacial score (nSPS) is 10.0. The molecule has 6 nitrogen and oxygen atoms in total. The van der Waals surface area contributed by atoms with E-state index in [2.05, 4.69) is 5.32 Å². The molecule has 7 heteroatoms. The Morgan fingerprint density at radius 2 is 2.05 bits per heavy atom. The summed E-state index contributed by atoms with van der Waals surface area (Å²) in [6.07, 6.45) is 0. The van der Waals surface area contributed by atoms with Crippen LogP contribution in [0.15, 0.2) is 18.2 Å². The fourth-order valence-corrected chi connectivity index (χ4v) is 1.56. The molecule has 0 aliphatic heterocycles. The monoisotopic (exact) mass is 315 g/mol. The number of carbonyl (C=O) groups is 2. The molecule has 0 heterocycles. The minimum Gasteiger partial charge on any atom is -0.480 e. The van der Waals surface area contributed by atoms with Crippen molar-refractivity contribution in [1.29, 1.82) is 0 Å². The number of ether oxygens (including phenoxy) is 3. The molecule has 0 radical (unpaired) electrons. The Balaban J connectivity index is 2.28. The first-order valence-corrected chi connectivity index (χ1v) is 6.71. The Bertz CT molecular complexity index is 492. The Morgan fingerprint density at radius 1 is 1.29 bits per heavy atom. The van der Waals surface area contributed by atoms with Crippen LogP contribution in [0.1, 0.15) is 5.56 Å². The lowest BCUT2D eigenvalue weighted by atomic mass is 10.2. The molecule has 1 aromatic rings. The van der Waals surface area contributed by atoms with Gasteiger partial charge in [-0.25, -0.2) is 4.79 Å². The van der Waals surface area contributed by atoms with E-state index < -0.39 is 11.9 Å². The van der Waals surface area contributed by atoms with Gasteiger partial charge in [0.15, 0.2) is 13.2 Å². The number of hydrogen-bond donors (Lipinski definition) is 1. The summed E-state index contributed by atoms with van der Waals surface area (Å²) in [4.78, 5) is 22.7. The van der Waals surface area contributed by atoms with E-state index in [-0.39, 0.29) is 13.2 Å². The number of amides is 1. The smallest absolute Gasteiger partial charge is 0.344 e. The Morgan fingerprint density at radius 3 is 2.76 bits per heavy atom. The van der Waals surface area contributed by atoms with Crippen LogP contribution in [0.4, 0.5) is 0 Å². The van der Waals surface area contributed by atoms with E-state index in [0.29, 0.717) is 23.9 Å². The standard InChI is InChI=1S/C14H18ClNO5/c1-10-3-4-11(15)12(7-10)20-9-14(18)21-8-13(17)16-5-6-19-2/h3-4,7H,5-6,8-9H2,1-2H3,(H,16,17). The minimum atomic E-state index is -0.644. The molecule has 0 fully saturated rings. The number of halogens is 1. The van der Waals surface area contributed by atoms with Gasteiger partial charge in [-0.15, -0.1) is 0 Å². The second-order valence-electron chi connectivity index (χ2n) is 4.23. The fourth-order valence-electron chi connectivity index (χ4n) is 1.39. The van der Waals surface area contributed by atoms with E-state index in [1.54, 1.807) is 12.1 Å². The van der Waals surface area contributed by atoms with Crippen LogP contribution in [0, 0.1) is 6.92 Å². The van der Waals surface area contributed by atoms with Crippen molar-refractivity contribution in [2.45, 2.75) is 6.92 Å². The van der Waals surface area contributed by atoms with Crippen LogP contribution in [0.5, 0.6) is 5.75 Å². The van der Waals surface area contributed by atoms with Gasteiger partial charge in [0.25, 0.3) is 5.91 Å². The molecule has 116 valence electrons. The summed E-state index contributed by atoms with van der Waals surface area (Å²) in [5.41, 5.74) is 0.959. The highest BCUT2D eigenvalue weighted by atomic mass is 35.5. The van der Waals surface area contributed by atoms with Crippen molar-refractivity contribution in [2.75, 3.05) is 33.5 Å². The van der Waals surface area contributed by atoms with Gasteiger partial charge >= 0.3 is 5.97 Å². The highest BCUT2D eigenvalue weighted by Crippen LogP contribution is 2.25. The average molecular weight is 316 g/mol. The summed E-state index contributed by atoms with van der Waals surface area (Å²) in [5, 5.41) is 2.93. The summed E-state index contributed by atoms with van der Waals surface area (Å²) in [6, 6.07) is 5.23. The van der Waals surface area contributed by atoms with E-state index >= 15 is 0 Å². The first-order chi connectivity index (χ1) is 10.0. The number of benzene rings is 1. The Kier molecular flexibility index (Phi) is 7.56. The summed E-state index contributed by atoms with van der Waals surface area (Å²) in [6.45, 7) is 1.98. The van der Waals surface area contributed by atoms with E-state index in [4.69, 9.17) is 25.8 Å². The van der Waals surface area contributed by atoms with E-state index in [1.807, 2.05) is 13.0 Å². The van der Waals surface area contributed by atoms with Crippen molar-refractivity contribution in [3.8, 4) is 5.75 Å². The molecule has 0 aliphatic carbocycles. The molecule has 1 amide bonds. The first kappa shape index (κ1) is 17.3. The summed E-state index contributed by atoms with van der Waals surface area (Å²) in [7, 11) is 1.53. The second-order valence-corrected chi connectivity index (χ2v) is 4.63. The SMILES string of the molecule is COCCNC(=O)COC(=O)COc1cc(C)ccc1Cl. The van der Waals surface area contributed by atoms with Gasteiger partial charge in [-0.3, -0.25) is 4.79 Å². The van der Waals surface area contributed by atoms with Crippen LogP contribution in [0.2, 0.25) is 5.02 Å². The molecule has 1 N–H and O–H groups in total. The van der Waals surface area contributed by atoms with Crippen LogP contribution in [-0.4, -0.2) is 45.4 Å². The maximum Gasteiger partial charge on any atom is 0.344 e. The molecule has 0 bridgehead atoms. The van der Waals surface area contributed by atoms with Gasteiger partial charge in [0.2, 0.25) is 0 Å². The van der Waals surface area contributed by atoms with Crippen molar-refractivity contribution < 1.29 is 23.8 Å². The second kappa shape index (κ2) is 9.20. The highest BCUT2D eigenvalue weighted by Gasteiger charge is 2.09.